The standard InChI is InChI=1S/C18H25N3.C13H16N4O/c1-15-4-2-6-17(12-15)18-13-20-21(14-18)11-3-5-16-7-9-19-10-8-16;1-17-4-2-3-12(17)11-5-9-7-14-13(15-8-18)6-10(9)16-11/h2,4,6,12-14,16,19H,3,5,7-11H2,1H3;5-8,12,16H,2-4H2,1H3,(H,14,15,18). The molecule has 39 heavy (non-hydrogen) atoms. The van der Waals surface area contributed by atoms with E-state index in [1.54, 1.807) is 6.20 Å². The highest BCUT2D eigenvalue weighted by Gasteiger charge is 2.24. The second kappa shape index (κ2) is 13.0. The van der Waals surface area contributed by atoms with Crippen molar-refractivity contribution in [3.63, 3.8) is 0 Å². The first-order valence-electron chi connectivity index (χ1n) is 14.3. The molecule has 1 aromatic carbocycles. The molecule has 2 aliphatic heterocycles. The number of carbonyl (C=O) groups excluding carboxylic acids is 1. The third-order valence-corrected chi connectivity index (χ3v) is 8.05. The molecule has 0 saturated carbocycles. The van der Waals surface area contributed by atoms with Gasteiger partial charge in [0, 0.05) is 47.7 Å². The van der Waals surface area contributed by atoms with E-state index in [2.05, 4.69) is 85.8 Å². The number of fused-ring (bicyclic) bond motifs is 1. The number of hydrogen-bond donors (Lipinski definition) is 3. The minimum absolute atomic E-state index is 0.472. The molecule has 6 rings (SSSR count). The van der Waals surface area contributed by atoms with Crippen LogP contribution in [-0.4, -0.2) is 57.7 Å². The van der Waals surface area contributed by atoms with E-state index in [0.717, 1.165) is 29.9 Å². The minimum Gasteiger partial charge on any atom is -0.357 e. The Labute approximate surface area is 231 Å². The summed E-state index contributed by atoms with van der Waals surface area (Å²) in [5.41, 5.74) is 6.03. The van der Waals surface area contributed by atoms with Gasteiger partial charge in [-0.15, -0.1) is 0 Å². The molecule has 0 spiro atoms. The van der Waals surface area contributed by atoms with Crippen molar-refractivity contribution in [2.75, 3.05) is 32.0 Å². The summed E-state index contributed by atoms with van der Waals surface area (Å²) >= 11 is 0. The topological polar surface area (TPSA) is 90.9 Å². The fourth-order valence-electron chi connectivity index (χ4n) is 5.84. The van der Waals surface area contributed by atoms with Crippen LogP contribution >= 0.6 is 0 Å². The summed E-state index contributed by atoms with van der Waals surface area (Å²) < 4.78 is 2.10. The molecule has 2 saturated heterocycles. The number of hydrogen-bond acceptors (Lipinski definition) is 5. The summed E-state index contributed by atoms with van der Waals surface area (Å²) in [6.07, 6.45) is 14.3. The molecule has 1 atom stereocenters. The van der Waals surface area contributed by atoms with E-state index in [9.17, 15) is 4.79 Å². The molecule has 5 heterocycles. The molecule has 3 N–H and O–H groups in total. The van der Waals surface area contributed by atoms with Crippen molar-refractivity contribution in [3.05, 3.63) is 66.2 Å². The number of benzene rings is 1. The summed E-state index contributed by atoms with van der Waals surface area (Å²) in [6.45, 7) is 6.72. The molecule has 2 fully saturated rings. The van der Waals surface area contributed by atoms with Gasteiger partial charge in [-0.2, -0.15) is 5.10 Å². The average Bonchev–Trinajstić information content (AvgIpc) is 3.69. The monoisotopic (exact) mass is 527 g/mol. The number of amides is 1. The smallest absolute Gasteiger partial charge is 0.212 e. The van der Waals surface area contributed by atoms with Crippen LogP contribution in [0, 0.1) is 12.8 Å². The number of piperidine rings is 1. The maximum atomic E-state index is 10.4. The SMILES string of the molecule is CN1CCCC1c1cc2cnc(NC=O)cc2[nH]1.Cc1cccc(-c2cnn(CCCC3CCNCC3)c2)c1. The van der Waals surface area contributed by atoms with E-state index in [1.807, 2.05) is 12.3 Å². The van der Waals surface area contributed by atoms with E-state index < -0.39 is 0 Å². The first-order chi connectivity index (χ1) is 19.1. The van der Waals surface area contributed by atoms with Gasteiger partial charge in [0.25, 0.3) is 0 Å². The van der Waals surface area contributed by atoms with Gasteiger partial charge in [-0.1, -0.05) is 29.8 Å². The van der Waals surface area contributed by atoms with Crippen LogP contribution in [0.5, 0.6) is 0 Å². The van der Waals surface area contributed by atoms with E-state index in [0.29, 0.717) is 18.3 Å². The summed E-state index contributed by atoms with van der Waals surface area (Å²) in [4.78, 5) is 20.4. The number of carbonyl (C=O) groups is 1. The Balaban J connectivity index is 0.000000160. The van der Waals surface area contributed by atoms with Crippen LogP contribution in [0.4, 0.5) is 5.82 Å². The first-order valence-corrected chi connectivity index (χ1v) is 14.3. The number of aromatic nitrogens is 4. The Kier molecular flexibility index (Phi) is 9.06. The zero-order valence-electron chi connectivity index (χ0n) is 23.2. The molecule has 2 aliphatic rings. The molecule has 0 radical (unpaired) electrons. The van der Waals surface area contributed by atoms with Crippen molar-refractivity contribution in [2.45, 2.75) is 58.0 Å². The maximum absolute atomic E-state index is 10.4. The second-order valence-corrected chi connectivity index (χ2v) is 11.0. The lowest BCUT2D eigenvalue weighted by Crippen LogP contribution is -2.27. The Morgan fingerprint density at radius 1 is 1.10 bits per heavy atom. The van der Waals surface area contributed by atoms with Crippen molar-refractivity contribution in [3.8, 4) is 11.1 Å². The molecule has 206 valence electrons. The fraction of sp³-hybridized carbons (Fsp3) is 0.452. The van der Waals surface area contributed by atoms with Crippen LogP contribution in [0.2, 0.25) is 0 Å². The Bertz CT molecular complexity index is 1350. The number of anilines is 1. The predicted molar refractivity (Wildman–Crippen MR) is 158 cm³/mol. The highest BCUT2D eigenvalue weighted by atomic mass is 16.1. The average molecular weight is 528 g/mol. The van der Waals surface area contributed by atoms with Gasteiger partial charge in [-0.05, 0) is 89.7 Å². The number of likely N-dealkylation sites (tertiary alicyclic amines) is 1. The number of nitrogens with zero attached hydrogens (tertiary/aromatic N) is 4. The molecule has 4 aromatic rings. The third kappa shape index (κ3) is 7.13. The predicted octanol–water partition coefficient (Wildman–Crippen LogP) is 5.54. The Hall–Kier alpha value is -3.49. The van der Waals surface area contributed by atoms with Crippen LogP contribution < -0.4 is 10.6 Å². The van der Waals surface area contributed by atoms with Crippen molar-refractivity contribution in [1.29, 1.82) is 0 Å². The summed E-state index contributed by atoms with van der Waals surface area (Å²) in [5, 5.41) is 11.6. The quantitative estimate of drug-likeness (QED) is 0.262. The Morgan fingerprint density at radius 3 is 2.74 bits per heavy atom. The zero-order chi connectivity index (χ0) is 27.0. The molecule has 0 aliphatic carbocycles. The highest BCUT2D eigenvalue weighted by molar-refractivity contribution is 5.84. The molecular formula is C31H41N7O. The van der Waals surface area contributed by atoms with Crippen LogP contribution in [-0.2, 0) is 11.3 Å². The van der Waals surface area contributed by atoms with Crippen LogP contribution in [0.15, 0.2) is 55.0 Å². The lowest BCUT2D eigenvalue weighted by atomic mass is 9.93. The minimum atomic E-state index is 0.472. The first kappa shape index (κ1) is 27.1. The number of aryl methyl sites for hydroxylation is 2. The zero-order valence-corrected chi connectivity index (χ0v) is 23.2. The fourth-order valence-corrected chi connectivity index (χ4v) is 5.84. The Morgan fingerprint density at radius 2 is 1.97 bits per heavy atom. The van der Waals surface area contributed by atoms with Gasteiger partial charge in [0.15, 0.2) is 0 Å². The van der Waals surface area contributed by atoms with Gasteiger partial charge in [0.1, 0.15) is 5.82 Å². The number of nitrogens with one attached hydrogen (secondary N) is 3. The maximum Gasteiger partial charge on any atom is 0.212 e. The van der Waals surface area contributed by atoms with E-state index in [1.165, 1.54) is 74.0 Å². The highest BCUT2D eigenvalue weighted by Crippen LogP contribution is 2.32. The van der Waals surface area contributed by atoms with Crippen LogP contribution in [0.1, 0.15) is 55.8 Å². The summed E-state index contributed by atoms with van der Waals surface area (Å²) in [5.74, 6) is 1.49. The number of rotatable bonds is 8. The molecule has 1 unspecified atom stereocenters. The third-order valence-electron chi connectivity index (χ3n) is 8.05. The summed E-state index contributed by atoms with van der Waals surface area (Å²) in [7, 11) is 2.15. The lowest BCUT2D eigenvalue weighted by molar-refractivity contribution is -0.105. The van der Waals surface area contributed by atoms with Crippen molar-refractivity contribution < 1.29 is 4.79 Å². The molecule has 8 heteroatoms. The van der Waals surface area contributed by atoms with E-state index in [-0.39, 0.29) is 0 Å². The van der Waals surface area contributed by atoms with Gasteiger partial charge < -0.3 is 15.6 Å². The molecule has 3 aromatic heterocycles. The van der Waals surface area contributed by atoms with Crippen molar-refractivity contribution >= 4 is 23.1 Å². The van der Waals surface area contributed by atoms with E-state index >= 15 is 0 Å². The lowest BCUT2D eigenvalue weighted by Gasteiger charge is -2.22. The second-order valence-electron chi connectivity index (χ2n) is 11.0. The number of pyridine rings is 1. The number of H-pyrrole nitrogens is 1. The van der Waals surface area contributed by atoms with Crippen LogP contribution in [0.25, 0.3) is 22.0 Å². The number of aromatic amines is 1. The normalized spacial score (nSPS) is 18.2. The van der Waals surface area contributed by atoms with Gasteiger partial charge in [-0.3, -0.25) is 14.4 Å². The molecule has 1 amide bonds. The van der Waals surface area contributed by atoms with Crippen molar-refractivity contribution in [2.24, 2.45) is 5.92 Å². The van der Waals surface area contributed by atoms with E-state index in [4.69, 9.17) is 0 Å². The molecule has 8 nitrogen and oxygen atoms in total. The molecule has 0 bridgehead atoms. The van der Waals surface area contributed by atoms with Gasteiger partial charge in [0.05, 0.1) is 11.7 Å². The largest absolute Gasteiger partial charge is 0.357 e. The van der Waals surface area contributed by atoms with Gasteiger partial charge in [-0.25, -0.2) is 4.98 Å². The van der Waals surface area contributed by atoms with Gasteiger partial charge >= 0.3 is 0 Å². The van der Waals surface area contributed by atoms with Gasteiger partial charge in [0.2, 0.25) is 6.41 Å². The van der Waals surface area contributed by atoms with Crippen LogP contribution in [0.3, 0.4) is 0 Å². The molecular weight excluding hydrogens is 486 g/mol. The van der Waals surface area contributed by atoms with Crippen molar-refractivity contribution in [1.82, 2.24) is 30.0 Å². The summed E-state index contributed by atoms with van der Waals surface area (Å²) in [6, 6.07) is 13.1.